The molecule has 0 spiro atoms. The number of aromatic nitrogens is 2. The minimum absolute atomic E-state index is 0.0896. The van der Waals surface area contributed by atoms with Crippen molar-refractivity contribution >= 4 is 10.0 Å². The lowest BCUT2D eigenvalue weighted by Gasteiger charge is -2.14. The summed E-state index contributed by atoms with van der Waals surface area (Å²) >= 11 is 0. The third-order valence-electron chi connectivity index (χ3n) is 4.71. The fourth-order valence-electron chi connectivity index (χ4n) is 3.29. The average Bonchev–Trinajstić information content (AvgIpc) is 3.08. The summed E-state index contributed by atoms with van der Waals surface area (Å²) in [6.07, 6.45) is -1.90. The van der Waals surface area contributed by atoms with Gasteiger partial charge in [0.2, 0.25) is 10.0 Å². The van der Waals surface area contributed by atoms with Gasteiger partial charge in [0.15, 0.2) is 5.69 Å². The second-order valence-corrected chi connectivity index (χ2v) is 9.54. The van der Waals surface area contributed by atoms with Gasteiger partial charge in [0.1, 0.15) is 0 Å². The number of alkyl halides is 3. The van der Waals surface area contributed by atoms with E-state index >= 15 is 0 Å². The summed E-state index contributed by atoms with van der Waals surface area (Å²) in [6.45, 7) is 4.88. The Kier molecular flexibility index (Phi) is 5.11. The van der Waals surface area contributed by atoms with E-state index in [-0.39, 0.29) is 18.2 Å². The van der Waals surface area contributed by atoms with Crippen LogP contribution < -0.4 is 4.72 Å². The van der Waals surface area contributed by atoms with Gasteiger partial charge >= 0.3 is 6.18 Å². The normalized spacial score (nSPS) is 17.5. The SMILES string of the molecule is Cc1cn(Cc2ccc3c(c2)CC(NS(=O)(=O)C(C)C)C3)nc1C(F)(F)F. The Morgan fingerprint density at radius 1 is 1.26 bits per heavy atom. The molecule has 1 aliphatic carbocycles. The summed E-state index contributed by atoms with van der Waals surface area (Å²) in [6, 6.07) is 5.49. The Morgan fingerprint density at radius 2 is 1.93 bits per heavy atom. The Hall–Kier alpha value is -1.87. The Morgan fingerprint density at radius 3 is 2.52 bits per heavy atom. The molecule has 1 atom stereocenters. The van der Waals surface area contributed by atoms with Crippen LogP contribution in [0.2, 0.25) is 0 Å². The molecule has 0 bridgehead atoms. The van der Waals surface area contributed by atoms with Crippen LogP contribution in [-0.2, 0) is 35.6 Å². The van der Waals surface area contributed by atoms with Crippen molar-refractivity contribution in [3.63, 3.8) is 0 Å². The molecule has 1 N–H and O–H groups in total. The number of hydrogen-bond donors (Lipinski definition) is 1. The maximum atomic E-state index is 12.9. The van der Waals surface area contributed by atoms with Gasteiger partial charge < -0.3 is 0 Å². The summed E-state index contributed by atoms with van der Waals surface area (Å²) in [4.78, 5) is 0. The number of sulfonamides is 1. The first-order chi connectivity index (χ1) is 12.5. The molecule has 1 heterocycles. The molecule has 1 aromatic carbocycles. The third-order valence-corrected chi connectivity index (χ3v) is 6.62. The summed E-state index contributed by atoms with van der Waals surface area (Å²) in [5.41, 5.74) is 2.13. The number of benzene rings is 1. The highest BCUT2D eigenvalue weighted by atomic mass is 32.2. The van der Waals surface area contributed by atoms with Crippen molar-refractivity contribution in [2.75, 3.05) is 0 Å². The molecule has 3 rings (SSSR count). The van der Waals surface area contributed by atoms with Crippen LogP contribution >= 0.6 is 0 Å². The van der Waals surface area contributed by atoms with Crippen molar-refractivity contribution in [1.82, 2.24) is 14.5 Å². The van der Waals surface area contributed by atoms with Crippen LogP contribution in [-0.4, -0.2) is 29.5 Å². The lowest BCUT2D eigenvalue weighted by molar-refractivity contribution is -0.141. The molecule has 0 saturated carbocycles. The first-order valence-electron chi connectivity index (χ1n) is 8.69. The lowest BCUT2D eigenvalue weighted by atomic mass is 10.1. The van der Waals surface area contributed by atoms with Gasteiger partial charge in [-0.05, 0) is 55.9 Å². The molecule has 0 fully saturated rings. The molecule has 148 valence electrons. The summed E-state index contributed by atoms with van der Waals surface area (Å²) in [5, 5.41) is 3.16. The number of nitrogens with zero attached hydrogens (tertiary/aromatic N) is 2. The van der Waals surface area contributed by atoms with Crippen molar-refractivity contribution in [3.8, 4) is 0 Å². The van der Waals surface area contributed by atoms with E-state index in [4.69, 9.17) is 0 Å². The van der Waals surface area contributed by atoms with Gasteiger partial charge in [-0.1, -0.05) is 18.2 Å². The van der Waals surface area contributed by atoms with E-state index in [0.29, 0.717) is 12.8 Å². The first-order valence-corrected chi connectivity index (χ1v) is 10.2. The second-order valence-electron chi connectivity index (χ2n) is 7.28. The molecular weight excluding hydrogens is 379 g/mol. The van der Waals surface area contributed by atoms with Crippen LogP contribution in [0, 0.1) is 6.92 Å². The van der Waals surface area contributed by atoms with Crippen molar-refractivity contribution in [2.24, 2.45) is 0 Å². The van der Waals surface area contributed by atoms with E-state index in [1.165, 1.54) is 17.8 Å². The van der Waals surface area contributed by atoms with Crippen LogP contribution in [0.5, 0.6) is 0 Å². The average molecular weight is 401 g/mol. The summed E-state index contributed by atoms with van der Waals surface area (Å²) in [5.74, 6) is 0. The van der Waals surface area contributed by atoms with Crippen LogP contribution in [0.15, 0.2) is 24.4 Å². The Bertz CT molecular complexity index is 949. The number of nitrogens with one attached hydrogen (secondary N) is 1. The van der Waals surface area contributed by atoms with Crippen molar-refractivity contribution < 1.29 is 21.6 Å². The maximum Gasteiger partial charge on any atom is 0.435 e. The topological polar surface area (TPSA) is 64.0 Å². The molecule has 1 aromatic heterocycles. The van der Waals surface area contributed by atoms with Gasteiger partial charge in [-0.25, -0.2) is 13.1 Å². The molecule has 5 nitrogen and oxygen atoms in total. The molecule has 1 unspecified atom stereocenters. The van der Waals surface area contributed by atoms with Gasteiger partial charge in [0.25, 0.3) is 0 Å². The smallest absolute Gasteiger partial charge is 0.267 e. The van der Waals surface area contributed by atoms with E-state index < -0.39 is 27.1 Å². The van der Waals surface area contributed by atoms with E-state index in [2.05, 4.69) is 9.82 Å². The molecular formula is C18H22F3N3O2S. The molecule has 0 aliphatic heterocycles. The van der Waals surface area contributed by atoms with E-state index in [9.17, 15) is 21.6 Å². The summed E-state index contributed by atoms with van der Waals surface area (Å²) < 4.78 is 66.8. The number of fused-ring (bicyclic) bond motifs is 1. The monoisotopic (exact) mass is 401 g/mol. The standard InChI is InChI=1S/C18H22F3N3O2S/c1-11(2)27(25,26)23-16-7-14-5-4-13(6-15(14)8-16)10-24-9-12(3)17(22-24)18(19,20)21/h4-6,9,11,16,23H,7-8,10H2,1-3H3. The highest BCUT2D eigenvalue weighted by molar-refractivity contribution is 7.90. The van der Waals surface area contributed by atoms with Gasteiger partial charge in [-0.3, -0.25) is 4.68 Å². The lowest BCUT2D eigenvalue weighted by Crippen LogP contribution is -2.39. The Labute approximate surface area is 156 Å². The highest BCUT2D eigenvalue weighted by Crippen LogP contribution is 2.30. The number of rotatable bonds is 5. The fourth-order valence-corrected chi connectivity index (χ4v) is 4.19. The van der Waals surface area contributed by atoms with Gasteiger partial charge in [0.05, 0.1) is 11.8 Å². The largest absolute Gasteiger partial charge is 0.435 e. The zero-order valence-corrected chi connectivity index (χ0v) is 16.2. The van der Waals surface area contributed by atoms with Crippen molar-refractivity contribution in [3.05, 3.63) is 52.3 Å². The molecule has 0 saturated heterocycles. The van der Waals surface area contributed by atoms with Crippen molar-refractivity contribution in [2.45, 2.75) is 57.6 Å². The first kappa shape index (κ1) is 19.9. The highest BCUT2D eigenvalue weighted by Gasteiger charge is 2.36. The Balaban J connectivity index is 1.73. The molecule has 27 heavy (non-hydrogen) atoms. The predicted molar refractivity (Wildman–Crippen MR) is 95.9 cm³/mol. The second kappa shape index (κ2) is 6.94. The molecule has 0 radical (unpaired) electrons. The van der Waals surface area contributed by atoms with Gasteiger partial charge in [-0.15, -0.1) is 0 Å². The molecule has 9 heteroatoms. The van der Waals surface area contributed by atoms with Crippen LogP contribution in [0.3, 0.4) is 0 Å². The van der Waals surface area contributed by atoms with E-state index in [1.807, 2.05) is 18.2 Å². The predicted octanol–water partition coefficient (Wildman–Crippen LogP) is 3.05. The van der Waals surface area contributed by atoms with Crippen LogP contribution in [0.1, 0.15) is 41.8 Å². The van der Waals surface area contributed by atoms with E-state index in [0.717, 1.165) is 16.7 Å². The van der Waals surface area contributed by atoms with Gasteiger partial charge in [0, 0.05) is 12.2 Å². The summed E-state index contributed by atoms with van der Waals surface area (Å²) in [7, 11) is -3.34. The van der Waals surface area contributed by atoms with E-state index in [1.54, 1.807) is 13.8 Å². The number of halogens is 3. The van der Waals surface area contributed by atoms with Crippen LogP contribution in [0.4, 0.5) is 13.2 Å². The number of aryl methyl sites for hydroxylation is 1. The quantitative estimate of drug-likeness (QED) is 0.838. The zero-order chi connectivity index (χ0) is 20.0. The fraction of sp³-hybridized carbons (Fsp3) is 0.500. The third kappa shape index (κ3) is 4.35. The minimum atomic E-state index is -4.46. The molecule has 0 amide bonds. The van der Waals surface area contributed by atoms with Crippen molar-refractivity contribution in [1.29, 1.82) is 0 Å². The minimum Gasteiger partial charge on any atom is -0.267 e. The molecule has 1 aliphatic rings. The maximum absolute atomic E-state index is 12.9. The van der Waals surface area contributed by atoms with Gasteiger partial charge in [-0.2, -0.15) is 18.3 Å². The van der Waals surface area contributed by atoms with Crippen LogP contribution in [0.25, 0.3) is 0 Å². The molecule has 2 aromatic rings. The zero-order valence-electron chi connectivity index (χ0n) is 15.3. The number of hydrogen-bond acceptors (Lipinski definition) is 3.